The zero-order chi connectivity index (χ0) is 105. The Balaban J connectivity index is 0.000000246. The van der Waals surface area contributed by atoms with E-state index in [1.165, 1.54) is 28.3 Å². The van der Waals surface area contributed by atoms with Crippen LogP contribution in [0, 0.1) is 11.7 Å². The second kappa shape index (κ2) is 55.6. The largest absolute Gasteiger partial charge is 0.436 e. The van der Waals surface area contributed by atoms with E-state index in [0.717, 1.165) is 139 Å². The Morgan fingerprint density at radius 1 is 0.331 bits per heavy atom. The van der Waals surface area contributed by atoms with Crippen LogP contribution in [0.3, 0.4) is 0 Å². The molecule has 8 heterocycles. The van der Waals surface area contributed by atoms with E-state index in [4.69, 9.17) is 0 Å². The van der Waals surface area contributed by atoms with Gasteiger partial charge in [0.05, 0.1) is 81.5 Å². The van der Waals surface area contributed by atoms with Crippen molar-refractivity contribution in [1.82, 2.24) is 9.97 Å². The van der Waals surface area contributed by atoms with Crippen molar-refractivity contribution in [2.45, 2.75) is 350 Å². The Morgan fingerprint density at radius 3 is 1.02 bits per heavy atom. The number of hydrogen-bond donors (Lipinski definition) is 0. The third-order valence-corrected chi connectivity index (χ3v) is 24.4. The summed E-state index contributed by atoms with van der Waals surface area (Å²) in [6.07, 6.45) is 7.58. The Morgan fingerprint density at radius 2 is 0.662 bits per heavy atom. The number of nitrogens with zero attached hydrogens (tertiary/aromatic N) is 8. The van der Waals surface area contributed by atoms with E-state index in [2.05, 4.69) is 187 Å². The maximum Gasteiger partial charge on any atom is 0.436 e. The predicted molar refractivity (Wildman–Crippen MR) is 570 cm³/mol. The molecule has 8 aromatic rings. The molecule has 762 valence electrons. The highest BCUT2D eigenvalue weighted by molar-refractivity contribution is 6.45. The smallest absolute Gasteiger partial charge is 0.294 e. The van der Waals surface area contributed by atoms with Crippen LogP contribution in [0.15, 0.2) is 169 Å². The van der Waals surface area contributed by atoms with Gasteiger partial charge in [0.2, 0.25) is 6.43 Å². The summed E-state index contributed by atoms with van der Waals surface area (Å²) in [5, 5.41) is 0. The normalized spacial score (nSPS) is 14.6. The number of ketones is 8. The Hall–Kier alpha value is -12.0. The highest BCUT2D eigenvalue weighted by atomic mass is 19.4. The Bertz CT molecular complexity index is 5810. The van der Waals surface area contributed by atoms with Crippen molar-refractivity contribution in [2.75, 3.05) is 6.67 Å². The number of benzene rings is 6. The van der Waals surface area contributed by atoms with E-state index in [1.54, 1.807) is 24.3 Å². The number of carbonyl (C=O) groups is 8. The summed E-state index contributed by atoms with van der Waals surface area (Å²) < 4.78 is 88.3. The van der Waals surface area contributed by atoms with Crippen molar-refractivity contribution >= 4 is 127 Å². The van der Waals surface area contributed by atoms with Crippen LogP contribution in [0.25, 0.3) is 12.2 Å². The first-order chi connectivity index (χ1) is 66.6. The number of carbonyl (C=O) groups excluding carboxylic acids is 8. The number of halogens is 7. The predicted octanol–water partition coefficient (Wildman–Crippen LogP) is 31.0. The van der Waals surface area contributed by atoms with E-state index >= 15 is 0 Å². The van der Waals surface area contributed by atoms with Crippen molar-refractivity contribution in [3.05, 3.63) is 245 Å². The number of alkyl halides is 6. The van der Waals surface area contributed by atoms with Gasteiger partial charge in [-0.15, -0.1) is 0 Å². The number of hydrogen-bond acceptors (Lipinski definition) is 16. The molecule has 6 aromatic carbocycles. The lowest BCUT2D eigenvalue weighted by atomic mass is 9.90. The summed E-state index contributed by atoms with van der Waals surface area (Å²) in [5.74, 6) is 3.30. The number of aliphatic imine (C=N–C) groups is 6. The highest BCUT2D eigenvalue weighted by Gasteiger charge is 2.43. The number of pyridine rings is 2. The molecular weight excluding hydrogens is 1800 g/mol. The fourth-order valence-corrected chi connectivity index (χ4v) is 16.0. The van der Waals surface area contributed by atoms with Gasteiger partial charge in [0.15, 0.2) is 52.0 Å². The second-order valence-corrected chi connectivity index (χ2v) is 39.1. The third-order valence-electron chi connectivity index (χ3n) is 24.4. The first kappa shape index (κ1) is 119. The van der Waals surface area contributed by atoms with Crippen LogP contribution < -0.4 is 0 Å². The summed E-state index contributed by atoms with van der Waals surface area (Å²) in [7, 11) is 0. The van der Waals surface area contributed by atoms with Gasteiger partial charge in [0.1, 0.15) is 5.82 Å². The van der Waals surface area contributed by atoms with E-state index in [0.29, 0.717) is 120 Å². The molecule has 0 atom stereocenters. The van der Waals surface area contributed by atoms with Gasteiger partial charge in [-0.2, -0.15) is 13.2 Å². The van der Waals surface area contributed by atoms with Gasteiger partial charge in [-0.1, -0.05) is 267 Å². The molecule has 23 heteroatoms. The lowest BCUT2D eigenvalue weighted by molar-refractivity contribution is -0.117. The molecule has 0 N–H and O–H groups in total. The van der Waals surface area contributed by atoms with Crippen molar-refractivity contribution in [3.63, 3.8) is 0 Å². The zero-order valence-corrected chi connectivity index (χ0v) is 87.6. The minimum Gasteiger partial charge on any atom is -0.294 e. The summed E-state index contributed by atoms with van der Waals surface area (Å²) in [6.45, 7) is 53.3. The molecule has 0 unspecified atom stereocenters. The summed E-state index contributed by atoms with van der Waals surface area (Å²) in [4.78, 5) is 128. The lowest BCUT2D eigenvalue weighted by Gasteiger charge is -2.18. The van der Waals surface area contributed by atoms with Crippen LogP contribution in [0.5, 0.6) is 0 Å². The van der Waals surface area contributed by atoms with Gasteiger partial charge in [-0.3, -0.25) is 52.7 Å². The third kappa shape index (κ3) is 33.8. The standard InChI is InChI=1S/C15H19NO.C14H15F2NO.2C14H16FNO.3C14H17NO.C13H12F3NO.C4H10.C2H6.CH4/c1-4-5-14-15(17)9-12-8-11(10(2)3)6-7-13(12)16-14;1-8(2)9-3-4-11-10(5-9)6-13(18)12(17-11)7-14(15)16;1-9(2)10-3-4-12-11(7-10)8-14(17)13(16-12)5-6-15;1-4-12-14(17)6-9-5-10(8(2)3)11(15)7-13(9)16-12;1-4-10-6-13-11(7-14(10)16)5-12(8-15-13)9(2)3;1-4-10-5-12-8-15-13(9(2)3)6-11(12)7-14(10)16;1-4-12-14(16)8-11-7-10(9(2)3)5-6-13(11)15-12;1-7(2)8-3-4-10-9(5-8)6-11(18)12(17-10)13(14,15)16;1-4(2)3;1-2;/h6-8,10H,4-5,9H2,1-3H3;3-5,8,14H,6-7H2,1-2H3;3-4,7,9H,5-6,8H2,1-2H3;5,7-8H,4,6H2,1-3H3;2*5-6,8-9H,4,7H2,1-3H3;5-7,9H,4,8H2,1-3H3;3-5,7H,6H2,1-2H3;4H,1-3H3;1-2H3;1H4. The SMILES string of the molecule is C.CC.CC(C)C.CC(C)c1ccc2c(c1)CC(=O)C(C(F)(F)F)=N2.CC(C)c1ccc2c(c1)CC(=O)C(CC(F)F)=N2.CC(C)c1ccc2c(c1)CC(=O)C(CCF)=N2.CCC1=Cc2cnc(C(C)C)cc2CC1=O.CCC1=Cc2ncc(C(C)C)cc2CC1=O.CCC1=Nc2cc(F)c(C(C)C)cc2CC1=O.CCC1=Nc2ccc(C(C)C)cc2CC1=O.CCCC1=Nc2ccc(C(C)C)cc2CC1=O. The number of fused-ring (bicyclic) bond motifs is 8. The van der Waals surface area contributed by atoms with Crippen LogP contribution in [0.1, 0.15) is 387 Å². The monoisotopic (exact) mass is 1950 g/mol. The maximum absolute atomic E-state index is 13.8. The van der Waals surface area contributed by atoms with Gasteiger partial charge in [0.25, 0.3) is 0 Å². The summed E-state index contributed by atoms with van der Waals surface area (Å²) >= 11 is 0. The maximum atomic E-state index is 13.8. The molecule has 0 saturated heterocycles. The van der Waals surface area contributed by atoms with Crippen LogP contribution >= 0.6 is 0 Å². The lowest BCUT2D eigenvalue weighted by Crippen LogP contribution is -2.34. The summed E-state index contributed by atoms with van der Waals surface area (Å²) in [5.41, 5.74) is 25.7. The van der Waals surface area contributed by atoms with E-state index in [9.17, 15) is 69.1 Å². The number of aromatic nitrogens is 2. The van der Waals surface area contributed by atoms with Gasteiger partial charge < -0.3 is 0 Å². The quantitative estimate of drug-likeness (QED) is 0.0736. The highest BCUT2D eigenvalue weighted by Crippen LogP contribution is 2.39. The topological polar surface area (TPSA) is 236 Å². The first-order valence-electron chi connectivity index (χ1n) is 50.1. The average molecular weight is 1950 g/mol. The molecule has 0 amide bonds. The van der Waals surface area contributed by atoms with Crippen LogP contribution in [-0.2, 0) is 89.7 Å². The minimum absolute atomic E-state index is 0. The molecule has 6 aliphatic heterocycles. The molecule has 8 aliphatic rings. The number of Topliss-reactive ketones (excluding diaryl/α,β-unsaturated/α-hetero) is 8. The molecule has 16 nitrogen and oxygen atoms in total. The van der Waals surface area contributed by atoms with Crippen LogP contribution in [0.4, 0.5) is 64.9 Å². The van der Waals surface area contributed by atoms with Crippen molar-refractivity contribution < 1.29 is 69.1 Å². The molecule has 0 spiro atoms. The fourth-order valence-electron chi connectivity index (χ4n) is 16.0. The van der Waals surface area contributed by atoms with E-state index < -0.39 is 37.2 Å². The van der Waals surface area contributed by atoms with Crippen LogP contribution in [-0.4, -0.2) is 110 Å². The molecule has 16 rings (SSSR count). The van der Waals surface area contributed by atoms with E-state index in [-0.39, 0.29) is 96.2 Å². The fraction of sp³-hybridized carbons (Fsp3) is 0.462. The van der Waals surface area contributed by atoms with Gasteiger partial charge in [-0.25, -0.2) is 43.1 Å². The molecule has 0 saturated carbocycles. The molecule has 0 radical (unpaired) electrons. The zero-order valence-electron chi connectivity index (χ0n) is 87.6. The second-order valence-electron chi connectivity index (χ2n) is 39.1. The Labute approximate surface area is 838 Å². The molecule has 0 bridgehead atoms. The van der Waals surface area contributed by atoms with Crippen molar-refractivity contribution in [1.29, 1.82) is 0 Å². The molecule has 142 heavy (non-hydrogen) atoms. The molecule has 0 fully saturated rings. The van der Waals surface area contributed by atoms with Crippen molar-refractivity contribution in [2.24, 2.45) is 35.9 Å². The van der Waals surface area contributed by atoms with Crippen LogP contribution in [0.2, 0.25) is 0 Å². The van der Waals surface area contributed by atoms with Gasteiger partial charge >= 0.3 is 6.18 Å². The molecular formula is C119H149F7N8O8. The first-order valence-corrected chi connectivity index (χ1v) is 50.1. The number of allylic oxidation sites excluding steroid dienone is 2. The average Bonchev–Trinajstić information content (AvgIpc) is 0.785. The number of rotatable bonds is 18. The van der Waals surface area contributed by atoms with Gasteiger partial charge in [0, 0.05) is 81.9 Å². The summed E-state index contributed by atoms with van der Waals surface area (Å²) in [6, 6.07) is 36.7. The van der Waals surface area contributed by atoms with Crippen molar-refractivity contribution in [3.8, 4) is 0 Å². The minimum atomic E-state index is -4.68. The van der Waals surface area contributed by atoms with Gasteiger partial charge in [-0.05, 0) is 234 Å². The molecule has 2 aromatic heterocycles. The van der Waals surface area contributed by atoms with E-state index in [1.807, 2.05) is 142 Å². The molecule has 2 aliphatic carbocycles. The Kier molecular flexibility index (Phi) is 46.5.